The average Bonchev–Trinajstić information content (AvgIpc) is 2.90. The van der Waals surface area contributed by atoms with Gasteiger partial charge in [-0.3, -0.25) is 9.59 Å². The maximum atomic E-state index is 12.6. The molecular formula is C17H22N2O2. The van der Waals surface area contributed by atoms with Crippen LogP contribution in [0.4, 0.5) is 5.69 Å². The van der Waals surface area contributed by atoms with E-state index < -0.39 is 0 Å². The third-order valence-corrected chi connectivity index (χ3v) is 4.64. The molecule has 2 saturated heterocycles. The van der Waals surface area contributed by atoms with Crippen LogP contribution in [0.1, 0.15) is 26.2 Å². The maximum absolute atomic E-state index is 12.6. The molecule has 0 aromatic heterocycles. The number of amides is 2. The minimum Gasteiger partial charge on any atom is -0.342 e. The largest absolute Gasteiger partial charge is 0.342 e. The van der Waals surface area contributed by atoms with E-state index in [-0.39, 0.29) is 17.7 Å². The summed E-state index contributed by atoms with van der Waals surface area (Å²) in [7, 11) is 0. The van der Waals surface area contributed by atoms with Crippen LogP contribution in [0.3, 0.4) is 0 Å². The molecule has 112 valence electrons. The van der Waals surface area contributed by atoms with Crippen molar-refractivity contribution in [3.63, 3.8) is 0 Å². The molecule has 3 rings (SSSR count). The molecule has 4 heteroatoms. The van der Waals surface area contributed by atoms with Crippen molar-refractivity contribution in [1.29, 1.82) is 0 Å². The zero-order valence-corrected chi connectivity index (χ0v) is 12.5. The van der Waals surface area contributed by atoms with Crippen LogP contribution in [0, 0.1) is 11.8 Å². The zero-order chi connectivity index (χ0) is 14.8. The van der Waals surface area contributed by atoms with E-state index in [1.807, 2.05) is 35.2 Å². The summed E-state index contributed by atoms with van der Waals surface area (Å²) >= 11 is 0. The van der Waals surface area contributed by atoms with E-state index in [4.69, 9.17) is 0 Å². The number of rotatable bonds is 2. The lowest BCUT2D eigenvalue weighted by Gasteiger charge is -2.32. The molecule has 0 spiro atoms. The van der Waals surface area contributed by atoms with E-state index in [9.17, 15) is 9.59 Å². The first-order valence-corrected chi connectivity index (χ1v) is 7.79. The molecule has 1 unspecified atom stereocenters. The second kappa shape index (κ2) is 5.88. The van der Waals surface area contributed by atoms with E-state index in [0.717, 1.165) is 31.6 Å². The highest BCUT2D eigenvalue weighted by Gasteiger charge is 2.37. The Morgan fingerprint density at radius 3 is 2.48 bits per heavy atom. The molecule has 1 aromatic carbocycles. The standard InChI is InChI=1S/C17H22N2O2/c1-13-7-9-18(10-8-13)17(21)14-11-16(20)19(12-14)15-5-3-2-4-6-15/h2-6,13-14H,7-12H2,1H3. The van der Waals surface area contributed by atoms with Gasteiger partial charge in [-0.15, -0.1) is 0 Å². The summed E-state index contributed by atoms with van der Waals surface area (Å²) < 4.78 is 0. The highest BCUT2D eigenvalue weighted by molar-refractivity contribution is 6.00. The third-order valence-electron chi connectivity index (χ3n) is 4.64. The zero-order valence-electron chi connectivity index (χ0n) is 12.5. The molecule has 21 heavy (non-hydrogen) atoms. The van der Waals surface area contributed by atoms with E-state index in [2.05, 4.69) is 6.92 Å². The fraction of sp³-hybridized carbons (Fsp3) is 0.529. The van der Waals surface area contributed by atoms with Crippen LogP contribution in [-0.4, -0.2) is 36.3 Å². The number of benzene rings is 1. The SMILES string of the molecule is CC1CCN(C(=O)C2CC(=O)N(c3ccccc3)C2)CC1. The average molecular weight is 286 g/mol. The summed E-state index contributed by atoms with van der Waals surface area (Å²) in [6.07, 6.45) is 2.50. The molecule has 2 heterocycles. The van der Waals surface area contributed by atoms with Gasteiger partial charge in [0.1, 0.15) is 0 Å². The van der Waals surface area contributed by atoms with Gasteiger partial charge < -0.3 is 9.80 Å². The van der Waals surface area contributed by atoms with Crippen molar-refractivity contribution in [3.05, 3.63) is 30.3 Å². The minimum atomic E-state index is -0.175. The smallest absolute Gasteiger partial charge is 0.228 e. The molecule has 4 nitrogen and oxygen atoms in total. The Morgan fingerprint density at radius 1 is 1.14 bits per heavy atom. The van der Waals surface area contributed by atoms with Gasteiger partial charge in [-0.05, 0) is 30.9 Å². The first-order chi connectivity index (χ1) is 10.1. The van der Waals surface area contributed by atoms with Crippen molar-refractivity contribution < 1.29 is 9.59 Å². The number of hydrogen-bond acceptors (Lipinski definition) is 2. The Labute approximate surface area is 125 Å². The van der Waals surface area contributed by atoms with Crippen LogP contribution < -0.4 is 4.90 Å². The minimum absolute atomic E-state index is 0.0601. The molecule has 1 atom stereocenters. The number of hydrogen-bond donors (Lipinski definition) is 0. The van der Waals surface area contributed by atoms with Crippen LogP contribution in [0.15, 0.2) is 30.3 Å². The van der Waals surface area contributed by atoms with Gasteiger partial charge in [0.15, 0.2) is 0 Å². The highest BCUT2D eigenvalue weighted by Crippen LogP contribution is 2.27. The molecule has 0 aliphatic carbocycles. The molecule has 0 N–H and O–H groups in total. The van der Waals surface area contributed by atoms with Gasteiger partial charge in [0.25, 0.3) is 0 Å². The summed E-state index contributed by atoms with van der Waals surface area (Å²) in [5.41, 5.74) is 0.894. The van der Waals surface area contributed by atoms with Gasteiger partial charge >= 0.3 is 0 Å². The van der Waals surface area contributed by atoms with Crippen molar-refractivity contribution in [1.82, 2.24) is 4.90 Å². The number of carbonyl (C=O) groups excluding carboxylic acids is 2. The van der Waals surface area contributed by atoms with Crippen LogP contribution in [0.25, 0.3) is 0 Å². The number of anilines is 1. The number of likely N-dealkylation sites (tertiary alicyclic amines) is 1. The summed E-state index contributed by atoms with van der Waals surface area (Å²) in [4.78, 5) is 28.5. The topological polar surface area (TPSA) is 40.6 Å². The first kappa shape index (κ1) is 14.1. The number of piperidine rings is 1. The molecule has 0 radical (unpaired) electrons. The number of para-hydroxylation sites is 1. The lowest BCUT2D eigenvalue weighted by Crippen LogP contribution is -2.42. The number of carbonyl (C=O) groups is 2. The summed E-state index contributed by atoms with van der Waals surface area (Å²) in [5, 5.41) is 0. The molecule has 2 aliphatic heterocycles. The van der Waals surface area contributed by atoms with Crippen molar-refractivity contribution in [2.75, 3.05) is 24.5 Å². The van der Waals surface area contributed by atoms with Gasteiger partial charge in [-0.25, -0.2) is 0 Å². The molecule has 0 saturated carbocycles. The summed E-state index contributed by atoms with van der Waals surface area (Å²) in [6, 6.07) is 9.62. The van der Waals surface area contributed by atoms with E-state index in [0.29, 0.717) is 18.9 Å². The van der Waals surface area contributed by atoms with Crippen LogP contribution in [-0.2, 0) is 9.59 Å². The molecule has 2 fully saturated rings. The second-order valence-electron chi connectivity index (χ2n) is 6.25. The summed E-state index contributed by atoms with van der Waals surface area (Å²) in [6.45, 7) is 4.44. The van der Waals surface area contributed by atoms with Gasteiger partial charge in [0.2, 0.25) is 11.8 Å². The molecule has 2 aliphatic rings. The predicted octanol–water partition coefficient (Wildman–Crippen LogP) is 2.30. The van der Waals surface area contributed by atoms with E-state index in [1.54, 1.807) is 4.90 Å². The Hall–Kier alpha value is -1.84. The normalized spacial score (nSPS) is 23.7. The monoisotopic (exact) mass is 286 g/mol. The van der Waals surface area contributed by atoms with Crippen LogP contribution >= 0.6 is 0 Å². The second-order valence-corrected chi connectivity index (χ2v) is 6.25. The van der Waals surface area contributed by atoms with Crippen LogP contribution in [0.5, 0.6) is 0 Å². The van der Waals surface area contributed by atoms with E-state index >= 15 is 0 Å². The van der Waals surface area contributed by atoms with Gasteiger partial charge in [-0.2, -0.15) is 0 Å². The Bertz CT molecular complexity index is 521. The maximum Gasteiger partial charge on any atom is 0.228 e. The molecule has 1 aromatic rings. The van der Waals surface area contributed by atoms with Crippen molar-refractivity contribution >= 4 is 17.5 Å². The fourth-order valence-electron chi connectivity index (χ4n) is 3.22. The van der Waals surface area contributed by atoms with Crippen molar-refractivity contribution in [2.24, 2.45) is 11.8 Å². The lowest BCUT2D eigenvalue weighted by molar-refractivity contribution is -0.137. The van der Waals surface area contributed by atoms with Gasteiger partial charge in [0, 0.05) is 31.7 Å². The first-order valence-electron chi connectivity index (χ1n) is 7.79. The Kier molecular flexibility index (Phi) is 3.95. The Balaban J connectivity index is 1.66. The quantitative estimate of drug-likeness (QED) is 0.837. The Morgan fingerprint density at radius 2 is 1.81 bits per heavy atom. The number of nitrogens with zero attached hydrogens (tertiary/aromatic N) is 2. The van der Waals surface area contributed by atoms with Crippen LogP contribution in [0.2, 0.25) is 0 Å². The lowest BCUT2D eigenvalue weighted by atomic mass is 9.97. The highest BCUT2D eigenvalue weighted by atomic mass is 16.2. The van der Waals surface area contributed by atoms with Gasteiger partial charge in [-0.1, -0.05) is 25.1 Å². The molecule has 0 bridgehead atoms. The van der Waals surface area contributed by atoms with Gasteiger partial charge in [0.05, 0.1) is 5.92 Å². The van der Waals surface area contributed by atoms with E-state index in [1.165, 1.54) is 0 Å². The van der Waals surface area contributed by atoms with Crippen molar-refractivity contribution in [3.8, 4) is 0 Å². The molecular weight excluding hydrogens is 264 g/mol. The summed E-state index contributed by atoms with van der Waals surface area (Å²) in [5.74, 6) is 0.754. The van der Waals surface area contributed by atoms with Crippen molar-refractivity contribution in [2.45, 2.75) is 26.2 Å². The predicted molar refractivity (Wildman–Crippen MR) is 81.9 cm³/mol. The fourth-order valence-corrected chi connectivity index (χ4v) is 3.22. The molecule has 2 amide bonds. The third kappa shape index (κ3) is 2.94.